The molecular weight excluding hydrogens is 569 g/mol. The van der Waals surface area contributed by atoms with Crippen molar-refractivity contribution in [2.24, 2.45) is 11.6 Å². The van der Waals surface area contributed by atoms with E-state index < -0.39 is 0 Å². The minimum atomic E-state index is -0.338. The molecule has 0 saturated heterocycles. The van der Waals surface area contributed by atoms with Crippen LogP contribution in [-0.2, 0) is 21.1 Å². The smallest absolute Gasteiger partial charge is 0.342 e. The van der Waals surface area contributed by atoms with Gasteiger partial charge in [-0.2, -0.15) is 25.3 Å². The van der Waals surface area contributed by atoms with E-state index in [1.54, 1.807) is 0 Å². The number of carbonyl (C=O) groups excluding carboxylic acids is 3. The van der Waals surface area contributed by atoms with Crippen molar-refractivity contribution >= 4 is 55.1 Å². The van der Waals surface area contributed by atoms with Gasteiger partial charge in [0.05, 0.1) is 6.54 Å². The van der Waals surface area contributed by atoms with Crippen LogP contribution in [0.4, 0.5) is 4.79 Å². The van der Waals surface area contributed by atoms with E-state index in [0.717, 1.165) is 72.7 Å². The Morgan fingerprint density at radius 1 is 0.800 bits per heavy atom. The molecule has 0 aliphatic carbocycles. The normalized spacial score (nSPS) is 10.7. The minimum absolute atomic E-state index is 0.0132. The fourth-order valence-corrected chi connectivity index (χ4v) is 4.99. The molecule has 0 aliphatic rings. The molecule has 4 amide bonds. The second-order valence-electron chi connectivity index (χ2n) is 9.30. The van der Waals surface area contributed by atoms with Crippen molar-refractivity contribution in [3.05, 3.63) is 29.3 Å². The summed E-state index contributed by atoms with van der Waals surface area (Å²) >= 11 is 9.90. The lowest BCUT2D eigenvalue weighted by Gasteiger charge is -2.16. The third-order valence-electron chi connectivity index (χ3n) is 6.00. The van der Waals surface area contributed by atoms with Gasteiger partial charge < -0.3 is 26.4 Å². The summed E-state index contributed by atoms with van der Waals surface area (Å²) in [6.07, 6.45) is 7.78. The number of carbonyl (C=O) groups is 3. The van der Waals surface area contributed by atoms with Crippen LogP contribution in [-0.4, -0.2) is 60.8 Å². The Morgan fingerprint density at radius 2 is 1.43 bits per heavy atom. The zero-order valence-corrected chi connectivity index (χ0v) is 26.1. The van der Waals surface area contributed by atoms with Crippen LogP contribution in [0.5, 0.6) is 5.75 Å². The zero-order valence-electron chi connectivity index (χ0n) is 23.5. The van der Waals surface area contributed by atoms with E-state index >= 15 is 0 Å². The number of nitrogens with two attached hydrogens (primary N) is 2. The molecule has 40 heavy (non-hydrogen) atoms. The molecule has 1 aromatic rings. The van der Waals surface area contributed by atoms with Crippen molar-refractivity contribution < 1.29 is 19.1 Å². The van der Waals surface area contributed by atoms with Crippen LogP contribution in [0.15, 0.2) is 18.2 Å². The number of benzene rings is 1. The number of nitrogens with one attached hydrogen (secondary N) is 3. The Labute approximate surface area is 254 Å². The Bertz CT molecular complexity index is 866. The molecule has 7 N–H and O–H groups in total. The van der Waals surface area contributed by atoms with Crippen LogP contribution in [0.2, 0.25) is 0 Å². The minimum Gasteiger partial charge on any atom is -0.492 e. The summed E-state index contributed by atoms with van der Waals surface area (Å²) in [5, 5.41) is 8.56. The molecule has 0 radical (unpaired) electrons. The van der Waals surface area contributed by atoms with Crippen molar-refractivity contribution in [3.63, 3.8) is 0 Å². The van der Waals surface area contributed by atoms with Gasteiger partial charge >= 0.3 is 6.03 Å². The average molecular weight is 617 g/mol. The standard InChI is InChI=1S/C27H48N6O4S3/c28-13-5-1-3-9-25(34)30-14-7-8-18-40-33(29)27(36)32-15-6-2-4-10-26(35)31-16-17-37-24-12-11-22(20-38)23(19-24)21-39/h11-12,19,38-39H,1-10,13-18,20-21,28-29H2,(H,30,34)(H,31,35)(H,32,36). The van der Waals surface area contributed by atoms with E-state index in [9.17, 15) is 14.4 Å². The maximum atomic E-state index is 12.1. The molecule has 0 saturated carbocycles. The summed E-state index contributed by atoms with van der Waals surface area (Å²) in [5.41, 5.74) is 7.67. The van der Waals surface area contributed by atoms with Crippen LogP contribution in [0, 0.1) is 0 Å². The van der Waals surface area contributed by atoms with Crippen molar-refractivity contribution in [1.82, 2.24) is 20.4 Å². The number of hydrogen-bond acceptors (Lipinski definition) is 9. The second kappa shape index (κ2) is 23.9. The molecule has 0 fully saturated rings. The Kier molecular flexibility index (Phi) is 21.6. The van der Waals surface area contributed by atoms with Gasteiger partial charge in [-0.25, -0.2) is 15.1 Å². The highest BCUT2D eigenvalue weighted by molar-refractivity contribution is 7.97. The third kappa shape index (κ3) is 17.8. The monoisotopic (exact) mass is 616 g/mol. The molecule has 1 aromatic carbocycles. The van der Waals surface area contributed by atoms with E-state index in [-0.39, 0.29) is 17.8 Å². The lowest BCUT2D eigenvalue weighted by molar-refractivity contribution is -0.122. The number of rotatable bonds is 23. The SMILES string of the molecule is NCCCCCC(=O)NCCCCSN(N)C(=O)NCCCCCC(=O)NCCOc1ccc(CS)c(CS)c1. The molecule has 0 spiro atoms. The summed E-state index contributed by atoms with van der Waals surface area (Å²) in [5.74, 6) is 8.58. The van der Waals surface area contributed by atoms with Gasteiger partial charge in [-0.15, -0.1) is 0 Å². The molecule has 10 nitrogen and oxygen atoms in total. The van der Waals surface area contributed by atoms with E-state index in [4.69, 9.17) is 16.3 Å². The summed E-state index contributed by atoms with van der Waals surface area (Å²) in [6.45, 7) is 2.62. The van der Waals surface area contributed by atoms with Gasteiger partial charge in [-0.3, -0.25) is 9.59 Å². The van der Waals surface area contributed by atoms with Gasteiger partial charge in [0.1, 0.15) is 12.4 Å². The first-order valence-electron chi connectivity index (χ1n) is 14.1. The summed E-state index contributed by atoms with van der Waals surface area (Å²) < 4.78 is 6.83. The van der Waals surface area contributed by atoms with E-state index in [1.807, 2.05) is 18.2 Å². The number of amides is 4. The van der Waals surface area contributed by atoms with Crippen molar-refractivity contribution in [1.29, 1.82) is 0 Å². The van der Waals surface area contributed by atoms with E-state index in [1.165, 1.54) is 11.9 Å². The molecule has 13 heteroatoms. The van der Waals surface area contributed by atoms with Crippen molar-refractivity contribution in [2.45, 2.75) is 75.7 Å². The van der Waals surface area contributed by atoms with Gasteiger partial charge in [-0.1, -0.05) is 18.9 Å². The first kappa shape index (κ1) is 36.2. The Balaban J connectivity index is 1.97. The number of hydrazine groups is 1. The molecule has 0 bridgehead atoms. The van der Waals surface area contributed by atoms with Crippen molar-refractivity contribution in [3.8, 4) is 5.75 Å². The van der Waals surface area contributed by atoms with Gasteiger partial charge in [-0.05, 0) is 80.3 Å². The number of ether oxygens (including phenoxy) is 1. The van der Waals surface area contributed by atoms with Crippen LogP contribution in [0.1, 0.15) is 75.3 Å². The molecule has 0 atom stereocenters. The van der Waals surface area contributed by atoms with Crippen LogP contribution < -0.4 is 32.3 Å². The molecule has 0 aromatic heterocycles. The van der Waals surface area contributed by atoms with E-state index in [2.05, 4.69) is 41.2 Å². The predicted octanol–water partition coefficient (Wildman–Crippen LogP) is 3.55. The highest BCUT2D eigenvalue weighted by Crippen LogP contribution is 2.21. The Morgan fingerprint density at radius 3 is 2.10 bits per heavy atom. The summed E-state index contributed by atoms with van der Waals surface area (Å²) in [6, 6.07) is 5.51. The molecule has 228 valence electrons. The first-order chi connectivity index (χ1) is 19.4. The first-order valence-corrected chi connectivity index (χ1v) is 16.3. The number of unbranched alkanes of at least 4 members (excludes halogenated alkanes) is 5. The zero-order chi connectivity index (χ0) is 29.4. The highest BCUT2D eigenvalue weighted by Gasteiger charge is 2.09. The lowest BCUT2D eigenvalue weighted by atomic mass is 10.1. The van der Waals surface area contributed by atoms with Crippen LogP contribution >= 0.6 is 37.2 Å². The number of nitrogens with zero attached hydrogens (tertiary/aromatic N) is 1. The van der Waals surface area contributed by atoms with Crippen LogP contribution in [0.3, 0.4) is 0 Å². The van der Waals surface area contributed by atoms with Gasteiger partial charge in [0.2, 0.25) is 11.8 Å². The van der Waals surface area contributed by atoms with Gasteiger partial charge in [0.25, 0.3) is 0 Å². The van der Waals surface area contributed by atoms with E-state index in [0.29, 0.717) is 62.9 Å². The van der Waals surface area contributed by atoms with Gasteiger partial charge in [0.15, 0.2) is 0 Å². The largest absolute Gasteiger partial charge is 0.492 e. The maximum Gasteiger partial charge on any atom is 0.342 e. The second-order valence-corrected chi connectivity index (χ2v) is 11.0. The fourth-order valence-electron chi connectivity index (χ4n) is 3.67. The number of hydrogen-bond donors (Lipinski definition) is 7. The quantitative estimate of drug-likeness (QED) is 0.0248. The summed E-state index contributed by atoms with van der Waals surface area (Å²) in [4.78, 5) is 35.8. The predicted molar refractivity (Wildman–Crippen MR) is 170 cm³/mol. The molecule has 0 aliphatic heterocycles. The number of thiol groups is 2. The maximum absolute atomic E-state index is 12.1. The molecular formula is C27H48N6O4S3. The fraction of sp³-hybridized carbons (Fsp3) is 0.667. The third-order valence-corrected chi connectivity index (χ3v) is 7.60. The van der Waals surface area contributed by atoms with Gasteiger partial charge in [0, 0.05) is 43.2 Å². The van der Waals surface area contributed by atoms with Crippen LogP contribution in [0.25, 0.3) is 0 Å². The topological polar surface area (TPSA) is 152 Å². The lowest BCUT2D eigenvalue weighted by Crippen LogP contribution is -2.40. The molecule has 0 heterocycles. The summed E-state index contributed by atoms with van der Waals surface area (Å²) in [7, 11) is 0. The molecule has 0 unspecified atom stereocenters. The molecule has 1 rings (SSSR count). The average Bonchev–Trinajstić information content (AvgIpc) is 2.96. The van der Waals surface area contributed by atoms with Crippen molar-refractivity contribution in [2.75, 3.05) is 38.5 Å². The highest BCUT2D eigenvalue weighted by atomic mass is 32.2. The Hall–Kier alpha value is -1.80. The number of urea groups is 1.